The zero-order chi connectivity index (χ0) is 12.3. The summed E-state index contributed by atoms with van der Waals surface area (Å²) in [5.41, 5.74) is 0.387. The van der Waals surface area contributed by atoms with Crippen molar-refractivity contribution in [1.82, 2.24) is 4.98 Å². The second-order valence-electron chi connectivity index (χ2n) is 3.19. The molecule has 2 rings (SSSR count). The summed E-state index contributed by atoms with van der Waals surface area (Å²) >= 11 is 9.09. The van der Waals surface area contributed by atoms with E-state index in [1.54, 1.807) is 36.7 Å². The normalized spacial score (nSPS) is 9.71. The van der Waals surface area contributed by atoms with Gasteiger partial charge in [-0.3, -0.25) is 4.98 Å². The first-order valence-corrected chi connectivity index (χ1v) is 5.84. The Morgan fingerprint density at radius 3 is 2.82 bits per heavy atom. The number of benzene rings is 1. The Kier molecular flexibility index (Phi) is 3.62. The Morgan fingerprint density at radius 1 is 1.29 bits per heavy atom. The molecule has 2 aromatic rings. The molecule has 1 heterocycles. The maximum Gasteiger partial charge on any atom is 0.146 e. The van der Waals surface area contributed by atoms with Crippen LogP contribution in [0.15, 0.2) is 41.1 Å². The van der Waals surface area contributed by atoms with Crippen LogP contribution >= 0.6 is 27.5 Å². The summed E-state index contributed by atoms with van der Waals surface area (Å²) in [6, 6.07) is 8.68. The molecular weight excluding hydrogens is 304 g/mol. The Morgan fingerprint density at radius 2 is 2.12 bits per heavy atom. The Hall–Kier alpha value is -1.57. The van der Waals surface area contributed by atoms with Gasteiger partial charge < -0.3 is 4.74 Å². The fraction of sp³-hybridized carbons (Fsp3) is 0. The molecule has 0 atom stereocenters. The lowest BCUT2D eigenvalue weighted by atomic mass is 10.2. The summed E-state index contributed by atoms with van der Waals surface area (Å²) in [6.45, 7) is 0. The largest absolute Gasteiger partial charge is 0.454 e. The molecule has 0 radical (unpaired) electrons. The van der Waals surface area contributed by atoms with Crippen molar-refractivity contribution in [3.8, 4) is 17.6 Å². The van der Waals surface area contributed by atoms with Gasteiger partial charge in [-0.05, 0) is 40.2 Å². The lowest BCUT2D eigenvalue weighted by Gasteiger charge is -2.07. The van der Waals surface area contributed by atoms with Gasteiger partial charge in [-0.1, -0.05) is 11.6 Å². The molecule has 0 N–H and O–H groups in total. The molecule has 17 heavy (non-hydrogen) atoms. The Labute approximate surface area is 112 Å². The molecule has 0 spiro atoms. The average Bonchev–Trinajstić information content (AvgIpc) is 2.31. The minimum absolute atomic E-state index is 0.387. The van der Waals surface area contributed by atoms with Gasteiger partial charge >= 0.3 is 0 Å². The summed E-state index contributed by atoms with van der Waals surface area (Å²) in [7, 11) is 0. The molecular formula is C12H6BrClN2O. The van der Waals surface area contributed by atoms with E-state index < -0.39 is 0 Å². The lowest BCUT2D eigenvalue weighted by molar-refractivity contribution is 0.478. The molecule has 0 saturated heterocycles. The fourth-order valence-electron chi connectivity index (χ4n) is 1.25. The van der Waals surface area contributed by atoms with E-state index in [-0.39, 0.29) is 0 Å². The standard InChI is InChI=1S/C12H6BrClN2O/c13-9-4-11(7-16-6-9)17-12-2-1-10(14)3-8(12)5-15/h1-4,6-7H. The average molecular weight is 310 g/mol. The van der Waals surface area contributed by atoms with E-state index in [4.69, 9.17) is 21.6 Å². The fourth-order valence-corrected chi connectivity index (χ4v) is 1.77. The lowest BCUT2D eigenvalue weighted by Crippen LogP contribution is -1.89. The van der Waals surface area contributed by atoms with E-state index in [0.717, 1.165) is 4.47 Å². The van der Waals surface area contributed by atoms with Crippen molar-refractivity contribution in [2.75, 3.05) is 0 Å². The second-order valence-corrected chi connectivity index (χ2v) is 4.55. The number of halogens is 2. The molecule has 0 amide bonds. The van der Waals surface area contributed by atoms with E-state index >= 15 is 0 Å². The van der Waals surface area contributed by atoms with Crippen LogP contribution in [0.25, 0.3) is 0 Å². The number of ether oxygens (including phenoxy) is 1. The maximum atomic E-state index is 8.96. The maximum absolute atomic E-state index is 8.96. The van der Waals surface area contributed by atoms with Crippen LogP contribution in [-0.4, -0.2) is 4.98 Å². The van der Waals surface area contributed by atoms with Gasteiger partial charge in [-0.15, -0.1) is 0 Å². The van der Waals surface area contributed by atoms with Gasteiger partial charge in [0.15, 0.2) is 0 Å². The first-order chi connectivity index (χ1) is 8.19. The van der Waals surface area contributed by atoms with Crippen LogP contribution in [-0.2, 0) is 0 Å². The molecule has 0 fully saturated rings. The number of hydrogen-bond donors (Lipinski definition) is 0. The monoisotopic (exact) mass is 308 g/mol. The number of nitrogens with zero attached hydrogens (tertiary/aromatic N) is 2. The third-order valence-corrected chi connectivity index (χ3v) is 2.64. The highest BCUT2D eigenvalue weighted by Gasteiger charge is 2.06. The van der Waals surface area contributed by atoms with E-state index in [9.17, 15) is 0 Å². The van der Waals surface area contributed by atoms with E-state index in [1.807, 2.05) is 6.07 Å². The zero-order valence-electron chi connectivity index (χ0n) is 8.52. The van der Waals surface area contributed by atoms with Crippen molar-refractivity contribution in [2.45, 2.75) is 0 Å². The van der Waals surface area contributed by atoms with Crippen LogP contribution in [0.2, 0.25) is 5.02 Å². The summed E-state index contributed by atoms with van der Waals surface area (Å²) in [4.78, 5) is 3.97. The van der Waals surface area contributed by atoms with Crippen LogP contribution in [0.5, 0.6) is 11.5 Å². The van der Waals surface area contributed by atoms with Gasteiger partial charge in [0, 0.05) is 15.7 Å². The van der Waals surface area contributed by atoms with Crippen LogP contribution in [0.1, 0.15) is 5.56 Å². The molecule has 3 nitrogen and oxygen atoms in total. The molecule has 0 bridgehead atoms. The Balaban J connectivity index is 2.34. The summed E-state index contributed by atoms with van der Waals surface area (Å²) in [6.07, 6.45) is 3.22. The summed E-state index contributed by atoms with van der Waals surface area (Å²) in [5.74, 6) is 1.01. The van der Waals surface area contributed by atoms with Crippen LogP contribution in [0.3, 0.4) is 0 Å². The van der Waals surface area contributed by atoms with Gasteiger partial charge in [0.2, 0.25) is 0 Å². The highest BCUT2D eigenvalue weighted by Crippen LogP contribution is 2.28. The SMILES string of the molecule is N#Cc1cc(Cl)ccc1Oc1cncc(Br)c1. The zero-order valence-corrected chi connectivity index (χ0v) is 10.9. The van der Waals surface area contributed by atoms with E-state index in [0.29, 0.717) is 22.1 Å². The molecule has 0 unspecified atom stereocenters. The Bertz CT molecular complexity index is 595. The van der Waals surface area contributed by atoms with Gasteiger partial charge in [0.25, 0.3) is 0 Å². The molecule has 84 valence electrons. The topological polar surface area (TPSA) is 45.9 Å². The highest BCUT2D eigenvalue weighted by atomic mass is 79.9. The van der Waals surface area contributed by atoms with Crippen molar-refractivity contribution < 1.29 is 4.74 Å². The predicted molar refractivity (Wildman–Crippen MR) is 68.2 cm³/mol. The number of aromatic nitrogens is 1. The first kappa shape index (κ1) is 11.9. The number of nitriles is 1. The van der Waals surface area contributed by atoms with Crippen molar-refractivity contribution in [1.29, 1.82) is 5.26 Å². The van der Waals surface area contributed by atoms with Crippen molar-refractivity contribution in [3.05, 3.63) is 51.7 Å². The molecule has 5 heteroatoms. The molecule has 1 aromatic heterocycles. The third-order valence-electron chi connectivity index (χ3n) is 1.97. The summed E-state index contributed by atoms with van der Waals surface area (Å²) < 4.78 is 6.37. The smallest absolute Gasteiger partial charge is 0.146 e. The van der Waals surface area contributed by atoms with Crippen molar-refractivity contribution in [2.24, 2.45) is 0 Å². The van der Waals surface area contributed by atoms with E-state index in [2.05, 4.69) is 20.9 Å². The first-order valence-electron chi connectivity index (χ1n) is 4.67. The number of pyridine rings is 1. The highest BCUT2D eigenvalue weighted by molar-refractivity contribution is 9.10. The van der Waals surface area contributed by atoms with Gasteiger partial charge in [-0.2, -0.15) is 5.26 Å². The van der Waals surface area contributed by atoms with E-state index in [1.165, 1.54) is 0 Å². The predicted octanol–water partition coefficient (Wildman–Crippen LogP) is 4.16. The molecule has 1 aromatic carbocycles. The molecule has 0 aliphatic carbocycles. The van der Waals surface area contributed by atoms with Gasteiger partial charge in [0.05, 0.1) is 11.8 Å². The quantitative estimate of drug-likeness (QED) is 0.836. The van der Waals surface area contributed by atoms with Gasteiger partial charge in [-0.25, -0.2) is 0 Å². The third kappa shape index (κ3) is 2.96. The minimum atomic E-state index is 0.387. The number of hydrogen-bond acceptors (Lipinski definition) is 3. The van der Waals surface area contributed by atoms with Crippen LogP contribution in [0, 0.1) is 11.3 Å². The second kappa shape index (κ2) is 5.17. The minimum Gasteiger partial charge on any atom is -0.454 e. The molecule has 0 aliphatic heterocycles. The van der Waals surface area contributed by atoms with Crippen LogP contribution < -0.4 is 4.74 Å². The molecule has 0 aliphatic rings. The molecule has 0 saturated carbocycles. The number of rotatable bonds is 2. The summed E-state index contributed by atoms with van der Waals surface area (Å²) in [5, 5.41) is 9.46. The van der Waals surface area contributed by atoms with Crippen LogP contribution in [0.4, 0.5) is 0 Å². The van der Waals surface area contributed by atoms with Crippen molar-refractivity contribution >= 4 is 27.5 Å². The van der Waals surface area contributed by atoms with Crippen molar-refractivity contribution in [3.63, 3.8) is 0 Å². The van der Waals surface area contributed by atoms with Gasteiger partial charge in [0.1, 0.15) is 17.6 Å².